The number of hydrogen-bond acceptors (Lipinski definition) is 4. The Bertz CT molecular complexity index is 410. The number of aryl methyl sites for hydroxylation is 1. The second-order valence-electron chi connectivity index (χ2n) is 4.56. The van der Waals surface area contributed by atoms with E-state index in [0.717, 1.165) is 31.6 Å². The van der Waals surface area contributed by atoms with Gasteiger partial charge >= 0.3 is 0 Å². The molecule has 1 aromatic heterocycles. The lowest BCUT2D eigenvalue weighted by Gasteiger charge is -2.21. The lowest BCUT2D eigenvalue weighted by atomic mass is 9.99. The van der Waals surface area contributed by atoms with Crippen LogP contribution in [0.25, 0.3) is 0 Å². The maximum Gasteiger partial charge on any atom is 0.224 e. The number of nitrogens with zero attached hydrogens (tertiary/aromatic N) is 2. The van der Waals surface area contributed by atoms with Crippen LogP contribution in [-0.2, 0) is 18.4 Å². The molecule has 1 saturated heterocycles. The molecule has 2 heterocycles. The highest BCUT2D eigenvalue weighted by molar-refractivity contribution is 5.78. The molecule has 1 fully saturated rings. The first kappa shape index (κ1) is 12.9. The molecule has 0 saturated carbocycles. The van der Waals surface area contributed by atoms with E-state index in [4.69, 9.17) is 4.74 Å². The van der Waals surface area contributed by atoms with Crippen LogP contribution in [0.3, 0.4) is 0 Å². The minimum absolute atomic E-state index is 0.0874. The normalized spacial score (nSPS) is 19.6. The van der Waals surface area contributed by atoms with E-state index in [2.05, 4.69) is 15.7 Å². The van der Waals surface area contributed by atoms with Crippen LogP contribution in [0.15, 0.2) is 6.07 Å². The smallest absolute Gasteiger partial charge is 0.224 e. The van der Waals surface area contributed by atoms with Crippen molar-refractivity contribution in [2.45, 2.75) is 19.4 Å². The van der Waals surface area contributed by atoms with E-state index >= 15 is 0 Å². The van der Waals surface area contributed by atoms with Gasteiger partial charge in [-0.2, -0.15) is 5.10 Å². The van der Waals surface area contributed by atoms with Gasteiger partial charge in [-0.3, -0.25) is 4.79 Å². The third-order valence-corrected chi connectivity index (χ3v) is 3.21. The van der Waals surface area contributed by atoms with Crippen LogP contribution in [0.5, 0.6) is 5.88 Å². The van der Waals surface area contributed by atoms with Gasteiger partial charge in [0.15, 0.2) is 0 Å². The van der Waals surface area contributed by atoms with Crippen molar-refractivity contribution in [1.82, 2.24) is 20.4 Å². The number of carbonyl (C=O) groups is 1. The van der Waals surface area contributed by atoms with Crippen molar-refractivity contribution in [2.75, 3.05) is 20.2 Å². The molecular formula is C12H20N4O2. The van der Waals surface area contributed by atoms with Gasteiger partial charge in [0.25, 0.3) is 0 Å². The van der Waals surface area contributed by atoms with E-state index in [1.807, 2.05) is 13.1 Å². The molecule has 0 unspecified atom stereocenters. The molecule has 1 aliphatic heterocycles. The van der Waals surface area contributed by atoms with Crippen molar-refractivity contribution in [3.05, 3.63) is 11.8 Å². The van der Waals surface area contributed by atoms with Crippen LogP contribution in [0.4, 0.5) is 0 Å². The Labute approximate surface area is 107 Å². The first-order valence-corrected chi connectivity index (χ1v) is 6.26. The average Bonchev–Trinajstić information content (AvgIpc) is 2.77. The summed E-state index contributed by atoms with van der Waals surface area (Å²) in [5.41, 5.74) is 0.812. The lowest BCUT2D eigenvalue weighted by molar-refractivity contribution is -0.125. The second-order valence-corrected chi connectivity index (χ2v) is 4.56. The number of aromatic nitrogens is 2. The van der Waals surface area contributed by atoms with Crippen molar-refractivity contribution in [2.24, 2.45) is 13.0 Å². The maximum absolute atomic E-state index is 11.9. The Balaban J connectivity index is 1.84. The van der Waals surface area contributed by atoms with E-state index in [1.165, 1.54) is 0 Å². The summed E-state index contributed by atoms with van der Waals surface area (Å²) < 4.78 is 6.78. The summed E-state index contributed by atoms with van der Waals surface area (Å²) >= 11 is 0. The average molecular weight is 252 g/mol. The third-order valence-electron chi connectivity index (χ3n) is 3.21. The van der Waals surface area contributed by atoms with Gasteiger partial charge in [0.05, 0.1) is 25.3 Å². The van der Waals surface area contributed by atoms with Gasteiger partial charge in [0.1, 0.15) is 0 Å². The first-order chi connectivity index (χ1) is 8.70. The topological polar surface area (TPSA) is 68.2 Å². The zero-order valence-corrected chi connectivity index (χ0v) is 10.9. The molecule has 6 nitrogen and oxygen atoms in total. The van der Waals surface area contributed by atoms with Crippen LogP contribution in [-0.4, -0.2) is 35.9 Å². The van der Waals surface area contributed by atoms with Crippen molar-refractivity contribution < 1.29 is 9.53 Å². The van der Waals surface area contributed by atoms with Crippen LogP contribution in [0, 0.1) is 5.92 Å². The predicted octanol–water partition coefficient (Wildman–Crippen LogP) is 0.0445. The van der Waals surface area contributed by atoms with Crippen LogP contribution < -0.4 is 15.4 Å². The highest BCUT2D eigenvalue weighted by atomic mass is 16.5. The maximum atomic E-state index is 11.9. The lowest BCUT2D eigenvalue weighted by Crippen LogP contribution is -2.40. The Morgan fingerprint density at radius 1 is 1.72 bits per heavy atom. The summed E-state index contributed by atoms with van der Waals surface area (Å²) in [6, 6.07) is 1.83. The SMILES string of the molecule is COc1cc(CNC(=O)[C@@H]2CCCNC2)nn1C. The molecular weight excluding hydrogens is 232 g/mol. The summed E-state index contributed by atoms with van der Waals surface area (Å²) in [5.74, 6) is 0.884. The van der Waals surface area contributed by atoms with Crippen LogP contribution in [0.2, 0.25) is 0 Å². The van der Waals surface area contributed by atoms with Gasteiger partial charge < -0.3 is 15.4 Å². The number of piperidine rings is 1. The molecule has 1 aliphatic rings. The number of nitrogens with one attached hydrogen (secondary N) is 2. The molecule has 6 heteroatoms. The molecule has 0 aliphatic carbocycles. The summed E-state index contributed by atoms with van der Waals surface area (Å²) in [6.45, 7) is 2.24. The number of rotatable bonds is 4. The van der Waals surface area contributed by atoms with Crippen molar-refractivity contribution in [3.8, 4) is 5.88 Å². The largest absolute Gasteiger partial charge is 0.481 e. The molecule has 1 amide bonds. The van der Waals surface area contributed by atoms with Gasteiger partial charge in [-0.25, -0.2) is 4.68 Å². The first-order valence-electron chi connectivity index (χ1n) is 6.26. The quantitative estimate of drug-likeness (QED) is 0.794. The van der Waals surface area contributed by atoms with Gasteiger partial charge in [0, 0.05) is 19.7 Å². The molecule has 2 N–H and O–H groups in total. The van der Waals surface area contributed by atoms with E-state index in [9.17, 15) is 4.79 Å². The zero-order chi connectivity index (χ0) is 13.0. The number of ether oxygens (including phenoxy) is 1. The van der Waals surface area contributed by atoms with Gasteiger partial charge in [-0.15, -0.1) is 0 Å². The Hall–Kier alpha value is -1.56. The van der Waals surface area contributed by atoms with Crippen molar-refractivity contribution in [3.63, 3.8) is 0 Å². The fraction of sp³-hybridized carbons (Fsp3) is 0.667. The number of methoxy groups -OCH3 is 1. The summed E-state index contributed by atoms with van der Waals surface area (Å²) in [7, 11) is 3.42. The van der Waals surface area contributed by atoms with E-state index < -0.39 is 0 Å². The highest BCUT2D eigenvalue weighted by Gasteiger charge is 2.20. The minimum Gasteiger partial charge on any atom is -0.481 e. The summed E-state index contributed by atoms with van der Waals surface area (Å²) in [6.07, 6.45) is 2.03. The third kappa shape index (κ3) is 3.01. The zero-order valence-electron chi connectivity index (χ0n) is 10.9. The molecule has 0 aromatic carbocycles. The molecule has 0 radical (unpaired) electrons. The summed E-state index contributed by atoms with van der Waals surface area (Å²) in [4.78, 5) is 11.9. The Morgan fingerprint density at radius 2 is 2.56 bits per heavy atom. The second kappa shape index (κ2) is 5.86. The number of carbonyl (C=O) groups excluding carboxylic acids is 1. The minimum atomic E-state index is 0.0874. The molecule has 0 bridgehead atoms. The Morgan fingerprint density at radius 3 is 3.17 bits per heavy atom. The Kier molecular flexibility index (Phi) is 4.19. The number of hydrogen-bond donors (Lipinski definition) is 2. The molecule has 0 spiro atoms. The van der Waals surface area contributed by atoms with Gasteiger partial charge in [-0.05, 0) is 19.4 Å². The molecule has 1 atom stereocenters. The van der Waals surface area contributed by atoms with Crippen LogP contribution >= 0.6 is 0 Å². The highest BCUT2D eigenvalue weighted by Crippen LogP contribution is 2.12. The predicted molar refractivity (Wildman–Crippen MR) is 67.2 cm³/mol. The van der Waals surface area contributed by atoms with Gasteiger partial charge in [0.2, 0.25) is 11.8 Å². The van der Waals surface area contributed by atoms with Crippen molar-refractivity contribution >= 4 is 5.91 Å². The standard InChI is InChI=1S/C12H20N4O2/c1-16-11(18-2)6-10(15-16)8-14-12(17)9-4-3-5-13-7-9/h6,9,13H,3-5,7-8H2,1-2H3,(H,14,17)/t9-/m1/s1. The van der Waals surface area contributed by atoms with Crippen molar-refractivity contribution in [1.29, 1.82) is 0 Å². The van der Waals surface area contributed by atoms with Crippen LogP contribution in [0.1, 0.15) is 18.5 Å². The van der Waals surface area contributed by atoms with E-state index in [0.29, 0.717) is 12.4 Å². The molecule has 18 heavy (non-hydrogen) atoms. The summed E-state index contributed by atoms with van der Waals surface area (Å²) in [5, 5.41) is 10.4. The van der Waals surface area contributed by atoms with E-state index in [-0.39, 0.29) is 11.8 Å². The monoisotopic (exact) mass is 252 g/mol. The number of amides is 1. The fourth-order valence-electron chi connectivity index (χ4n) is 2.18. The fourth-order valence-corrected chi connectivity index (χ4v) is 2.18. The van der Waals surface area contributed by atoms with Gasteiger partial charge in [-0.1, -0.05) is 0 Å². The van der Waals surface area contributed by atoms with E-state index in [1.54, 1.807) is 11.8 Å². The molecule has 1 aromatic rings. The molecule has 100 valence electrons. The molecule has 2 rings (SSSR count).